The second kappa shape index (κ2) is 8.02. The van der Waals surface area contributed by atoms with Crippen molar-refractivity contribution in [2.45, 2.75) is 51.6 Å². The zero-order valence-electron chi connectivity index (χ0n) is 12.7. The maximum Gasteiger partial charge on any atom is 0.0409 e. The third-order valence-electron chi connectivity index (χ3n) is 4.26. The van der Waals surface area contributed by atoms with Crippen LogP contribution in [0.3, 0.4) is 0 Å². The number of benzene rings is 1. The Morgan fingerprint density at radius 1 is 1.40 bits per heavy atom. The molecule has 0 saturated carbocycles. The average Bonchev–Trinajstić information content (AvgIpc) is 2.47. The smallest absolute Gasteiger partial charge is 0.0409 e. The van der Waals surface area contributed by atoms with Crippen molar-refractivity contribution in [3.8, 4) is 0 Å². The van der Waals surface area contributed by atoms with Gasteiger partial charge in [-0.15, -0.1) is 0 Å². The van der Waals surface area contributed by atoms with Crippen LogP contribution in [0.25, 0.3) is 0 Å². The molecule has 0 aromatic heterocycles. The van der Waals surface area contributed by atoms with Crippen LogP contribution >= 0.6 is 11.6 Å². The fraction of sp³-hybridized carbons (Fsp3) is 0.647. The Bertz CT molecular complexity index is 402. The maximum absolute atomic E-state index is 6.13. The van der Waals surface area contributed by atoms with Crippen molar-refractivity contribution in [2.24, 2.45) is 0 Å². The van der Waals surface area contributed by atoms with Crippen LogP contribution in [0.2, 0.25) is 5.02 Å². The lowest BCUT2D eigenvalue weighted by Gasteiger charge is -2.34. The monoisotopic (exact) mass is 294 g/mol. The van der Waals surface area contributed by atoms with Crippen LogP contribution in [-0.2, 0) is 0 Å². The molecule has 1 N–H and O–H groups in total. The average molecular weight is 295 g/mol. The summed E-state index contributed by atoms with van der Waals surface area (Å²) in [5.74, 6) is 0. The molecule has 1 heterocycles. The van der Waals surface area contributed by atoms with Gasteiger partial charge >= 0.3 is 0 Å². The Morgan fingerprint density at radius 3 is 2.90 bits per heavy atom. The summed E-state index contributed by atoms with van der Waals surface area (Å²) in [4.78, 5) is 2.59. The molecule has 3 heteroatoms. The molecule has 2 unspecified atom stereocenters. The van der Waals surface area contributed by atoms with E-state index in [0.29, 0.717) is 12.1 Å². The van der Waals surface area contributed by atoms with Gasteiger partial charge in [0, 0.05) is 23.7 Å². The largest absolute Gasteiger partial charge is 0.313 e. The van der Waals surface area contributed by atoms with Gasteiger partial charge in [0.25, 0.3) is 0 Å². The van der Waals surface area contributed by atoms with Gasteiger partial charge in [0.05, 0.1) is 0 Å². The summed E-state index contributed by atoms with van der Waals surface area (Å²) < 4.78 is 0. The van der Waals surface area contributed by atoms with E-state index in [1.165, 1.54) is 37.8 Å². The highest BCUT2D eigenvalue weighted by Gasteiger charge is 2.21. The highest BCUT2D eigenvalue weighted by molar-refractivity contribution is 6.30. The van der Waals surface area contributed by atoms with Gasteiger partial charge in [-0.25, -0.2) is 0 Å². The van der Waals surface area contributed by atoms with Gasteiger partial charge in [0.15, 0.2) is 0 Å². The van der Waals surface area contributed by atoms with E-state index in [2.05, 4.69) is 42.3 Å². The first-order chi connectivity index (χ1) is 9.70. The SMILES string of the molecule is CCCN(CC1CCCCN1)C(C)c1cccc(Cl)c1. The second-order valence-electron chi connectivity index (χ2n) is 5.87. The van der Waals surface area contributed by atoms with E-state index in [0.717, 1.165) is 18.1 Å². The Labute approximate surface area is 128 Å². The Morgan fingerprint density at radius 2 is 2.25 bits per heavy atom. The van der Waals surface area contributed by atoms with Crippen LogP contribution in [0.1, 0.15) is 51.1 Å². The molecule has 112 valence electrons. The summed E-state index contributed by atoms with van der Waals surface area (Å²) in [6.45, 7) is 8.01. The number of piperidine rings is 1. The van der Waals surface area contributed by atoms with Crippen LogP contribution in [0, 0.1) is 0 Å². The van der Waals surface area contributed by atoms with Crippen molar-refractivity contribution in [1.29, 1.82) is 0 Å². The Hall–Kier alpha value is -0.570. The topological polar surface area (TPSA) is 15.3 Å². The van der Waals surface area contributed by atoms with Crippen molar-refractivity contribution in [3.05, 3.63) is 34.9 Å². The normalized spacial score (nSPS) is 21.1. The third kappa shape index (κ3) is 4.47. The van der Waals surface area contributed by atoms with E-state index >= 15 is 0 Å². The zero-order valence-corrected chi connectivity index (χ0v) is 13.5. The maximum atomic E-state index is 6.13. The predicted octanol–water partition coefficient (Wildman–Crippen LogP) is 4.26. The molecule has 1 aliphatic rings. The second-order valence-corrected chi connectivity index (χ2v) is 6.31. The van der Waals surface area contributed by atoms with E-state index in [9.17, 15) is 0 Å². The van der Waals surface area contributed by atoms with E-state index in [-0.39, 0.29) is 0 Å². The molecule has 0 bridgehead atoms. The van der Waals surface area contributed by atoms with Gasteiger partial charge in [-0.05, 0) is 57.0 Å². The number of hydrogen-bond acceptors (Lipinski definition) is 2. The highest BCUT2D eigenvalue weighted by atomic mass is 35.5. The molecular formula is C17H27ClN2. The zero-order chi connectivity index (χ0) is 14.4. The minimum absolute atomic E-state index is 0.428. The number of nitrogens with one attached hydrogen (secondary N) is 1. The first-order valence-corrected chi connectivity index (χ1v) is 8.31. The summed E-state index contributed by atoms with van der Waals surface area (Å²) in [7, 11) is 0. The molecule has 1 fully saturated rings. The molecule has 1 saturated heterocycles. The summed E-state index contributed by atoms with van der Waals surface area (Å²) in [6, 6.07) is 9.37. The standard InChI is InChI=1S/C17H27ClN2/c1-3-11-20(13-17-9-4-5-10-19-17)14(2)15-7-6-8-16(18)12-15/h6-8,12,14,17,19H,3-5,9-11,13H2,1-2H3. The first kappa shape index (κ1) is 15.8. The lowest BCUT2D eigenvalue weighted by atomic mass is 10.0. The van der Waals surface area contributed by atoms with Crippen LogP contribution in [0.5, 0.6) is 0 Å². The molecule has 2 atom stereocenters. The molecule has 1 aromatic rings. The molecule has 0 amide bonds. The molecule has 1 aliphatic heterocycles. The van der Waals surface area contributed by atoms with E-state index in [1.807, 2.05) is 6.07 Å². The highest BCUT2D eigenvalue weighted by Crippen LogP contribution is 2.24. The van der Waals surface area contributed by atoms with Gasteiger partial charge in [-0.3, -0.25) is 4.90 Å². The summed E-state index contributed by atoms with van der Waals surface area (Å²) in [5, 5.41) is 4.49. The fourth-order valence-corrected chi connectivity index (χ4v) is 3.27. The van der Waals surface area contributed by atoms with Crippen molar-refractivity contribution < 1.29 is 0 Å². The molecule has 0 spiro atoms. The minimum Gasteiger partial charge on any atom is -0.313 e. The van der Waals surface area contributed by atoms with Crippen LogP contribution < -0.4 is 5.32 Å². The van der Waals surface area contributed by atoms with Crippen molar-refractivity contribution in [1.82, 2.24) is 10.2 Å². The van der Waals surface area contributed by atoms with Crippen molar-refractivity contribution >= 4 is 11.6 Å². The van der Waals surface area contributed by atoms with Gasteiger partial charge < -0.3 is 5.32 Å². The van der Waals surface area contributed by atoms with Crippen LogP contribution in [0.15, 0.2) is 24.3 Å². The summed E-state index contributed by atoms with van der Waals surface area (Å²) in [6.07, 6.45) is 5.19. The third-order valence-corrected chi connectivity index (χ3v) is 4.49. The summed E-state index contributed by atoms with van der Waals surface area (Å²) in [5.41, 5.74) is 1.32. The van der Waals surface area contributed by atoms with E-state index < -0.39 is 0 Å². The van der Waals surface area contributed by atoms with Crippen molar-refractivity contribution in [3.63, 3.8) is 0 Å². The fourth-order valence-electron chi connectivity index (χ4n) is 3.07. The quantitative estimate of drug-likeness (QED) is 0.843. The molecule has 1 aromatic carbocycles. The molecule has 2 rings (SSSR count). The summed E-state index contributed by atoms with van der Waals surface area (Å²) >= 11 is 6.13. The lowest BCUT2D eigenvalue weighted by molar-refractivity contribution is 0.176. The van der Waals surface area contributed by atoms with Gasteiger partial charge in [-0.2, -0.15) is 0 Å². The van der Waals surface area contributed by atoms with E-state index in [1.54, 1.807) is 0 Å². The predicted molar refractivity (Wildman–Crippen MR) is 87.4 cm³/mol. The molecule has 2 nitrogen and oxygen atoms in total. The molecule has 20 heavy (non-hydrogen) atoms. The number of halogens is 1. The molecule has 0 aliphatic carbocycles. The van der Waals surface area contributed by atoms with Crippen molar-refractivity contribution in [2.75, 3.05) is 19.6 Å². The minimum atomic E-state index is 0.428. The molecule has 0 radical (unpaired) electrons. The van der Waals surface area contributed by atoms with Crippen LogP contribution in [-0.4, -0.2) is 30.6 Å². The number of hydrogen-bond donors (Lipinski definition) is 1. The van der Waals surface area contributed by atoms with E-state index in [4.69, 9.17) is 11.6 Å². The Kier molecular flexibility index (Phi) is 6.34. The first-order valence-electron chi connectivity index (χ1n) is 7.93. The lowest BCUT2D eigenvalue weighted by Crippen LogP contribution is -2.44. The Balaban J connectivity index is 2.02. The van der Waals surface area contributed by atoms with Crippen LogP contribution in [0.4, 0.5) is 0 Å². The molecular weight excluding hydrogens is 268 g/mol. The van der Waals surface area contributed by atoms with Gasteiger partial charge in [0.1, 0.15) is 0 Å². The van der Waals surface area contributed by atoms with Gasteiger partial charge in [0.2, 0.25) is 0 Å². The number of nitrogens with zero attached hydrogens (tertiary/aromatic N) is 1. The number of rotatable bonds is 6. The van der Waals surface area contributed by atoms with Gasteiger partial charge in [-0.1, -0.05) is 37.1 Å².